The Kier molecular flexibility index (Phi) is 3.90. The number of rotatable bonds is 4. The predicted octanol–water partition coefficient (Wildman–Crippen LogP) is 2.95. The third-order valence-corrected chi connectivity index (χ3v) is 2.89. The van der Waals surface area contributed by atoms with E-state index in [2.05, 4.69) is 20.7 Å². The zero-order chi connectivity index (χ0) is 14.0. The fourth-order valence-electron chi connectivity index (χ4n) is 1.59. The van der Waals surface area contributed by atoms with Crippen LogP contribution >= 0.6 is 15.9 Å². The van der Waals surface area contributed by atoms with Gasteiger partial charge in [0.15, 0.2) is 11.5 Å². The second kappa shape index (κ2) is 5.44. The number of halogens is 1. The van der Waals surface area contributed by atoms with Crippen LogP contribution in [0.3, 0.4) is 0 Å². The van der Waals surface area contributed by atoms with Gasteiger partial charge in [-0.05, 0) is 25.1 Å². The van der Waals surface area contributed by atoms with E-state index in [9.17, 15) is 9.59 Å². The summed E-state index contributed by atoms with van der Waals surface area (Å²) >= 11 is 3.31. The Hall–Kier alpha value is -1.82. The smallest absolute Gasteiger partial charge is 0.377 e. The number of ether oxygens (including phenoxy) is 2. The number of fused-ring (bicyclic) bond motifs is 1. The summed E-state index contributed by atoms with van der Waals surface area (Å²) in [5, 5.41) is 0.616. The lowest BCUT2D eigenvalue weighted by molar-refractivity contribution is -0.118. The van der Waals surface area contributed by atoms with Crippen LogP contribution < -0.4 is 4.74 Å². The van der Waals surface area contributed by atoms with Crippen LogP contribution in [0.4, 0.5) is 0 Å². The Morgan fingerprint density at radius 3 is 2.74 bits per heavy atom. The highest BCUT2D eigenvalue weighted by Crippen LogP contribution is 2.35. The van der Waals surface area contributed by atoms with Crippen LogP contribution in [0.1, 0.15) is 17.5 Å². The van der Waals surface area contributed by atoms with E-state index < -0.39 is 5.97 Å². The quantitative estimate of drug-likeness (QED) is 0.808. The molecule has 5 nitrogen and oxygen atoms in total. The predicted molar refractivity (Wildman–Crippen MR) is 71.4 cm³/mol. The normalized spacial score (nSPS) is 10.5. The summed E-state index contributed by atoms with van der Waals surface area (Å²) in [5.74, 6) is -0.616. The lowest BCUT2D eigenvalue weighted by Crippen LogP contribution is -2.09. The highest BCUT2D eigenvalue weighted by Gasteiger charge is 2.23. The van der Waals surface area contributed by atoms with Crippen molar-refractivity contribution in [1.82, 2.24) is 0 Å². The fraction of sp³-hybridized carbons (Fsp3) is 0.231. The SMILES string of the molecule is COC(=O)c1oc2cc(Br)ccc2c1OCC(C)=O. The molecule has 1 aromatic heterocycles. The van der Waals surface area contributed by atoms with Crippen LogP contribution in [-0.2, 0) is 9.53 Å². The monoisotopic (exact) mass is 326 g/mol. The van der Waals surface area contributed by atoms with Crippen molar-refractivity contribution in [2.24, 2.45) is 0 Å². The summed E-state index contributed by atoms with van der Waals surface area (Å²) in [6, 6.07) is 5.24. The molecule has 0 saturated carbocycles. The second-order valence-corrected chi connectivity index (χ2v) is 4.80. The van der Waals surface area contributed by atoms with Gasteiger partial charge in [-0.25, -0.2) is 4.79 Å². The molecule has 0 aliphatic rings. The third-order valence-electron chi connectivity index (χ3n) is 2.40. The maximum Gasteiger partial charge on any atom is 0.377 e. The van der Waals surface area contributed by atoms with Crippen molar-refractivity contribution < 1.29 is 23.5 Å². The fourth-order valence-corrected chi connectivity index (χ4v) is 1.93. The van der Waals surface area contributed by atoms with Crippen molar-refractivity contribution in [2.75, 3.05) is 13.7 Å². The highest BCUT2D eigenvalue weighted by atomic mass is 79.9. The van der Waals surface area contributed by atoms with Crippen molar-refractivity contribution in [1.29, 1.82) is 0 Å². The van der Waals surface area contributed by atoms with E-state index >= 15 is 0 Å². The van der Waals surface area contributed by atoms with Gasteiger partial charge >= 0.3 is 5.97 Å². The van der Waals surface area contributed by atoms with Crippen LogP contribution in [0.2, 0.25) is 0 Å². The number of methoxy groups -OCH3 is 1. The van der Waals surface area contributed by atoms with Gasteiger partial charge in [-0.1, -0.05) is 15.9 Å². The molecule has 0 aliphatic carbocycles. The Morgan fingerprint density at radius 1 is 1.37 bits per heavy atom. The molecule has 0 fully saturated rings. The van der Waals surface area contributed by atoms with E-state index in [-0.39, 0.29) is 23.9 Å². The average Bonchev–Trinajstić information content (AvgIpc) is 2.72. The first-order valence-corrected chi connectivity index (χ1v) is 6.25. The molecular formula is C13H11BrO5. The highest BCUT2D eigenvalue weighted by molar-refractivity contribution is 9.10. The maximum atomic E-state index is 11.6. The standard InChI is InChI=1S/C13H11BrO5/c1-7(15)6-18-11-9-4-3-8(14)5-10(9)19-12(11)13(16)17-2/h3-5H,6H2,1-2H3. The Labute approximate surface area is 117 Å². The number of carbonyl (C=O) groups excluding carboxylic acids is 2. The molecule has 0 aliphatic heterocycles. The topological polar surface area (TPSA) is 65.7 Å². The van der Waals surface area contributed by atoms with Gasteiger partial charge in [0.25, 0.3) is 5.76 Å². The molecular weight excluding hydrogens is 316 g/mol. The number of hydrogen-bond donors (Lipinski definition) is 0. The molecule has 6 heteroatoms. The minimum atomic E-state index is -0.647. The second-order valence-electron chi connectivity index (χ2n) is 3.88. The van der Waals surface area contributed by atoms with Crippen molar-refractivity contribution in [3.63, 3.8) is 0 Å². The van der Waals surface area contributed by atoms with Crippen molar-refractivity contribution in [2.45, 2.75) is 6.92 Å². The molecule has 0 amide bonds. The van der Waals surface area contributed by atoms with E-state index in [0.717, 1.165) is 4.47 Å². The molecule has 0 bridgehead atoms. The first-order chi connectivity index (χ1) is 9.02. The van der Waals surface area contributed by atoms with E-state index in [1.807, 2.05) is 0 Å². The number of Topliss-reactive ketones (excluding diaryl/α,β-unsaturated/α-hetero) is 1. The van der Waals surface area contributed by atoms with Gasteiger partial charge in [0.2, 0.25) is 0 Å². The molecule has 0 spiro atoms. The summed E-state index contributed by atoms with van der Waals surface area (Å²) in [6.07, 6.45) is 0. The van der Waals surface area contributed by atoms with E-state index in [0.29, 0.717) is 11.0 Å². The van der Waals surface area contributed by atoms with Gasteiger partial charge in [0.05, 0.1) is 12.5 Å². The Balaban J connectivity index is 2.54. The lowest BCUT2D eigenvalue weighted by Gasteiger charge is -2.03. The number of carbonyl (C=O) groups is 2. The Morgan fingerprint density at radius 2 is 2.11 bits per heavy atom. The van der Waals surface area contributed by atoms with Crippen molar-refractivity contribution in [3.8, 4) is 5.75 Å². The van der Waals surface area contributed by atoms with Crippen molar-refractivity contribution >= 4 is 38.7 Å². The summed E-state index contributed by atoms with van der Waals surface area (Å²) in [7, 11) is 1.25. The zero-order valence-electron chi connectivity index (χ0n) is 10.4. The third kappa shape index (κ3) is 2.78. The summed E-state index contributed by atoms with van der Waals surface area (Å²) < 4.78 is 16.2. The molecule has 0 atom stereocenters. The summed E-state index contributed by atoms with van der Waals surface area (Å²) in [5.41, 5.74) is 0.480. The molecule has 2 aromatic rings. The molecule has 19 heavy (non-hydrogen) atoms. The first kappa shape index (κ1) is 13.6. The average molecular weight is 327 g/mol. The number of ketones is 1. The number of esters is 1. The van der Waals surface area contributed by atoms with Gasteiger partial charge in [-0.15, -0.1) is 0 Å². The lowest BCUT2D eigenvalue weighted by atomic mass is 10.2. The molecule has 0 radical (unpaired) electrons. The molecule has 1 aromatic carbocycles. The van der Waals surface area contributed by atoms with E-state index in [1.165, 1.54) is 14.0 Å². The molecule has 100 valence electrons. The van der Waals surface area contributed by atoms with Gasteiger partial charge in [0.1, 0.15) is 12.2 Å². The number of furan rings is 1. The number of benzene rings is 1. The number of hydrogen-bond acceptors (Lipinski definition) is 5. The van der Waals surface area contributed by atoms with Crippen LogP contribution in [0, 0.1) is 0 Å². The van der Waals surface area contributed by atoms with Crippen molar-refractivity contribution in [3.05, 3.63) is 28.4 Å². The van der Waals surface area contributed by atoms with Crippen LogP contribution in [0.25, 0.3) is 11.0 Å². The molecule has 0 saturated heterocycles. The van der Waals surface area contributed by atoms with Gasteiger partial charge in [-0.3, -0.25) is 4.79 Å². The van der Waals surface area contributed by atoms with Crippen LogP contribution in [0.15, 0.2) is 27.1 Å². The maximum absolute atomic E-state index is 11.6. The van der Waals surface area contributed by atoms with Gasteiger partial charge in [-0.2, -0.15) is 0 Å². The molecule has 0 N–H and O–H groups in total. The Bertz CT molecular complexity index is 644. The largest absolute Gasteiger partial charge is 0.481 e. The first-order valence-electron chi connectivity index (χ1n) is 5.45. The summed E-state index contributed by atoms with van der Waals surface area (Å²) in [6.45, 7) is 1.27. The summed E-state index contributed by atoms with van der Waals surface area (Å²) in [4.78, 5) is 22.6. The minimum Gasteiger partial charge on any atom is -0.481 e. The zero-order valence-corrected chi connectivity index (χ0v) is 11.9. The molecule has 2 rings (SSSR count). The van der Waals surface area contributed by atoms with Gasteiger partial charge in [0, 0.05) is 4.47 Å². The van der Waals surface area contributed by atoms with E-state index in [1.54, 1.807) is 18.2 Å². The minimum absolute atomic E-state index is 0.0446. The van der Waals surface area contributed by atoms with E-state index in [4.69, 9.17) is 9.15 Å². The van der Waals surface area contributed by atoms with Crippen LogP contribution in [0.5, 0.6) is 5.75 Å². The van der Waals surface area contributed by atoms with Gasteiger partial charge < -0.3 is 13.9 Å². The molecule has 0 unspecified atom stereocenters. The van der Waals surface area contributed by atoms with Crippen LogP contribution in [-0.4, -0.2) is 25.5 Å². The molecule has 1 heterocycles.